The van der Waals surface area contributed by atoms with E-state index in [0.29, 0.717) is 22.3 Å². The summed E-state index contributed by atoms with van der Waals surface area (Å²) in [5.41, 5.74) is 2.42. The lowest BCUT2D eigenvalue weighted by Crippen LogP contribution is -2.15. The fourth-order valence-electron chi connectivity index (χ4n) is 3.03. The summed E-state index contributed by atoms with van der Waals surface area (Å²) >= 11 is 0. The Morgan fingerprint density at radius 2 is 1.79 bits per heavy atom. The van der Waals surface area contributed by atoms with Gasteiger partial charge >= 0.3 is 5.97 Å². The maximum absolute atomic E-state index is 12.8. The minimum Gasteiger partial charge on any atom is -0.481 e. The largest absolute Gasteiger partial charge is 0.481 e. The number of nitrogens with zero attached hydrogens (tertiary/aromatic N) is 2. The fraction of sp³-hybridized carbons (Fsp3) is 0.100. The molecule has 1 amide bonds. The van der Waals surface area contributed by atoms with Gasteiger partial charge < -0.3 is 10.4 Å². The van der Waals surface area contributed by atoms with Gasteiger partial charge in [0.25, 0.3) is 5.56 Å². The first-order valence-corrected chi connectivity index (χ1v) is 8.63. The quantitative estimate of drug-likeness (QED) is 0.495. The van der Waals surface area contributed by atoms with Crippen LogP contribution in [0.4, 0.5) is 5.69 Å². The molecule has 0 unspecified atom stereocenters. The summed E-state index contributed by atoms with van der Waals surface area (Å²) in [6, 6.07) is 14.3. The molecule has 0 aliphatic rings. The van der Waals surface area contributed by atoms with Crippen LogP contribution in [-0.4, -0.2) is 31.7 Å². The van der Waals surface area contributed by atoms with E-state index in [1.165, 1.54) is 4.68 Å². The molecule has 4 rings (SSSR count). The van der Waals surface area contributed by atoms with Gasteiger partial charge in [0.05, 0.1) is 28.5 Å². The topological polar surface area (TPSA) is 117 Å². The summed E-state index contributed by atoms with van der Waals surface area (Å²) in [6.07, 6.45) is 1.24. The number of carbonyl (C=O) groups excluding carboxylic acids is 1. The van der Waals surface area contributed by atoms with Gasteiger partial charge in [-0.1, -0.05) is 18.2 Å². The molecule has 0 saturated carbocycles. The number of fused-ring (bicyclic) bond motifs is 3. The van der Waals surface area contributed by atoms with Crippen LogP contribution in [0.2, 0.25) is 0 Å². The molecule has 4 aromatic rings. The molecule has 0 atom stereocenters. The van der Waals surface area contributed by atoms with Crippen molar-refractivity contribution in [3.63, 3.8) is 0 Å². The maximum atomic E-state index is 12.8. The molecule has 0 aliphatic heterocycles. The monoisotopic (exact) mass is 376 g/mol. The maximum Gasteiger partial charge on any atom is 0.303 e. The number of H-pyrrole nitrogens is 1. The summed E-state index contributed by atoms with van der Waals surface area (Å²) in [6.45, 7) is 0. The van der Waals surface area contributed by atoms with Crippen LogP contribution in [0.25, 0.3) is 27.5 Å². The predicted molar refractivity (Wildman–Crippen MR) is 105 cm³/mol. The van der Waals surface area contributed by atoms with Crippen molar-refractivity contribution in [2.45, 2.75) is 12.8 Å². The first-order chi connectivity index (χ1) is 13.5. The molecular formula is C20H16N4O4. The van der Waals surface area contributed by atoms with Crippen LogP contribution in [0.1, 0.15) is 12.8 Å². The normalized spacial score (nSPS) is 11.0. The number of aromatic nitrogens is 3. The highest BCUT2D eigenvalue weighted by atomic mass is 16.4. The number of hydrogen-bond acceptors (Lipinski definition) is 4. The van der Waals surface area contributed by atoms with Gasteiger partial charge in [0, 0.05) is 23.7 Å². The Hall–Kier alpha value is -3.94. The highest BCUT2D eigenvalue weighted by Gasteiger charge is 2.12. The zero-order valence-corrected chi connectivity index (χ0v) is 14.7. The lowest BCUT2D eigenvalue weighted by Gasteiger charge is -2.06. The van der Waals surface area contributed by atoms with Crippen LogP contribution >= 0.6 is 0 Å². The first-order valence-electron chi connectivity index (χ1n) is 8.63. The third kappa shape index (κ3) is 3.23. The molecule has 8 nitrogen and oxygen atoms in total. The number of carboxylic acid groups (broad SMARTS) is 1. The summed E-state index contributed by atoms with van der Waals surface area (Å²) in [7, 11) is 0. The number of amides is 1. The number of pyridine rings is 1. The Morgan fingerprint density at radius 1 is 1.04 bits per heavy atom. The number of hydrogen-bond donors (Lipinski definition) is 3. The lowest BCUT2D eigenvalue weighted by molar-refractivity contribution is -0.138. The average molecular weight is 376 g/mol. The fourth-order valence-corrected chi connectivity index (χ4v) is 3.03. The highest BCUT2D eigenvalue weighted by molar-refractivity contribution is 6.02. The van der Waals surface area contributed by atoms with Crippen molar-refractivity contribution in [3.05, 3.63) is 65.1 Å². The zero-order valence-electron chi connectivity index (χ0n) is 14.7. The molecule has 0 aliphatic carbocycles. The van der Waals surface area contributed by atoms with E-state index in [1.807, 2.05) is 24.3 Å². The van der Waals surface area contributed by atoms with Crippen LogP contribution in [0.3, 0.4) is 0 Å². The number of para-hydroxylation sites is 1. The van der Waals surface area contributed by atoms with Crippen LogP contribution in [-0.2, 0) is 9.59 Å². The number of rotatable bonds is 5. The smallest absolute Gasteiger partial charge is 0.303 e. The first kappa shape index (κ1) is 17.5. The Labute approximate surface area is 158 Å². The number of aromatic amines is 1. The van der Waals surface area contributed by atoms with Crippen molar-refractivity contribution in [1.29, 1.82) is 0 Å². The second kappa shape index (κ2) is 6.99. The van der Waals surface area contributed by atoms with Crippen LogP contribution in [0.15, 0.2) is 59.5 Å². The van der Waals surface area contributed by atoms with Crippen LogP contribution in [0.5, 0.6) is 0 Å². The molecule has 28 heavy (non-hydrogen) atoms. The minimum absolute atomic E-state index is 0.0986. The SMILES string of the molecule is O=C(O)CCC(=O)Nc1ccc(-n2[nH]c3c(cnc4ccccc43)c2=O)cc1. The number of anilines is 1. The molecule has 0 bridgehead atoms. The number of carboxylic acids is 1. The molecule has 3 N–H and O–H groups in total. The average Bonchev–Trinajstić information content (AvgIpc) is 3.04. The predicted octanol–water partition coefficient (Wildman–Crippen LogP) is 2.67. The molecule has 2 aromatic heterocycles. The van der Waals surface area contributed by atoms with E-state index in [2.05, 4.69) is 15.4 Å². The number of benzene rings is 2. The Morgan fingerprint density at radius 3 is 2.54 bits per heavy atom. The van der Waals surface area contributed by atoms with Gasteiger partial charge in [0.15, 0.2) is 0 Å². The zero-order chi connectivity index (χ0) is 19.7. The Balaban J connectivity index is 1.64. The van der Waals surface area contributed by atoms with Gasteiger partial charge in [-0.2, -0.15) is 0 Å². The molecule has 0 fully saturated rings. The molecule has 2 heterocycles. The molecule has 0 radical (unpaired) electrons. The number of nitrogens with one attached hydrogen (secondary N) is 2. The lowest BCUT2D eigenvalue weighted by atomic mass is 10.2. The third-order valence-corrected chi connectivity index (χ3v) is 4.41. The van der Waals surface area contributed by atoms with Crippen molar-refractivity contribution in [2.75, 3.05) is 5.32 Å². The second-order valence-electron chi connectivity index (χ2n) is 6.31. The minimum atomic E-state index is -1.02. The van der Waals surface area contributed by atoms with E-state index in [1.54, 1.807) is 30.5 Å². The second-order valence-corrected chi connectivity index (χ2v) is 6.31. The third-order valence-electron chi connectivity index (χ3n) is 4.41. The molecule has 0 saturated heterocycles. The van der Waals surface area contributed by atoms with Gasteiger partial charge in [-0.15, -0.1) is 0 Å². The van der Waals surface area contributed by atoms with E-state index < -0.39 is 5.97 Å². The molecule has 2 aromatic carbocycles. The van der Waals surface area contributed by atoms with E-state index >= 15 is 0 Å². The van der Waals surface area contributed by atoms with Gasteiger partial charge in [-0.25, -0.2) is 4.68 Å². The van der Waals surface area contributed by atoms with Gasteiger partial charge in [-0.3, -0.25) is 24.5 Å². The van der Waals surface area contributed by atoms with Crippen molar-refractivity contribution >= 4 is 39.4 Å². The van der Waals surface area contributed by atoms with E-state index in [-0.39, 0.29) is 24.3 Å². The van der Waals surface area contributed by atoms with Crippen molar-refractivity contribution in [2.24, 2.45) is 0 Å². The van der Waals surface area contributed by atoms with Crippen LogP contribution < -0.4 is 10.9 Å². The van der Waals surface area contributed by atoms with Crippen LogP contribution in [0, 0.1) is 0 Å². The summed E-state index contributed by atoms with van der Waals surface area (Å²) in [5, 5.41) is 15.7. The molecule has 0 spiro atoms. The summed E-state index contributed by atoms with van der Waals surface area (Å²) in [4.78, 5) is 39.3. The molecule has 8 heteroatoms. The van der Waals surface area contributed by atoms with Gasteiger partial charge in [-0.05, 0) is 30.3 Å². The summed E-state index contributed by atoms with van der Waals surface area (Å²) < 4.78 is 1.43. The van der Waals surface area contributed by atoms with E-state index in [0.717, 1.165) is 10.9 Å². The van der Waals surface area contributed by atoms with E-state index in [4.69, 9.17) is 5.11 Å². The number of carbonyl (C=O) groups is 2. The standard InChI is InChI=1S/C20H16N4O4/c25-17(9-10-18(26)27)22-12-5-7-13(8-6-12)24-20(28)15-11-21-16-4-2-1-3-14(16)19(15)23-24/h1-8,11,23H,9-10H2,(H,22,25)(H,26,27). The van der Waals surface area contributed by atoms with Gasteiger partial charge in [0.1, 0.15) is 0 Å². The van der Waals surface area contributed by atoms with Crippen molar-refractivity contribution < 1.29 is 14.7 Å². The Bertz CT molecular complexity index is 1250. The van der Waals surface area contributed by atoms with Crippen molar-refractivity contribution in [3.8, 4) is 5.69 Å². The molecule has 140 valence electrons. The highest BCUT2D eigenvalue weighted by Crippen LogP contribution is 2.21. The van der Waals surface area contributed by atoms with Crippen molar-refractivity contribution in [1.82, 2.24) is 14.8 Å². The summed E-state index contributed by atoms with van der Waals surface area (Å²) in [5.74, 6) is -1.40. The Kier molecular flexibility index (Phi) is 4.36. The molecular weight excluding hydrogens is 360 g/mol. The van der Waals surface area contributed by atoms with E-state index in [9.17, 15) is 14.4 Å². The number of aliphatic carboxylic acids is 1. The van der Waals surface area contributed by atoms with Gasteiger partial charge in [0.2, 0.25) is 5.91 Å².